The molecule has 7 nitrogen and oxygen atoms in total. The van der Waals surface area contributed by atoms with Gasteiger partial charge in [-0.15, -0.1) is 0 Å². The second kappa shape index (κ2) is 10.6. The highest BCUT2D eigenvalue weighted by molar-refractivity contribution is 7.89. The van der Waals surface area contributed by atoms with Crippen LogP contribution in [-0.4, -0.2) is 25.9 Å². The van der Waals surface area contributed by atoms with E-state index < -0.39 is 10.0 Å². The predicted octanol–water partition coefficient (Wildman–Crippen LogP) is 4.74. The largest absolute Gasteiger partial charge is 0.352 e. The van der Waals surface area contributed by atoms with E-state index in [-0.39, 0.29) is 16.8 Å². The third-order valence-corrected chi connectivity index (χ3v) is 7.64. The van der Waals surface area contributed by atoms with Gasteiger partial charge in [0.05, 0.1) is 10.5 Å². The number of benzene rings is 2. The van der Waals surface area contributed by atoms with Crippen molar-refractivity contribution < 1.29 is 13.2 Å². The first-order valence-electron chi connectivity index (χ1n) is 12.0. The molecule has 35 heavy (non-hydrogen) atoms. The van der Waals surface area contributed by atoms with Gasteiger partial charge in [0.25, 0.3) is 5.91 Å². The molecule has 0 bridgehead atoms. The lowest BCUT2D eigenvalue weighted by Gasteiger charge is -2.17. The molecule has 1 aromatic heterocycles. The van der Waals surface area contributed by atoms with Gasteiger partial charge in [0.15, 0.2) is 0 Å². The maximum atomic E-state index is 13.0. The van der Waals surface area contributed by atoms with Gasteiger partial charge in [0.2, 0.25) is 10.0 Å². The molecule has 0 fully saturated rings. The smallest absolute Gasteiger partial charge is 0.255 e. The number of sulfonamides is 1. The molecule has 1 atom stereocenters. The summed E-state index contributed by atoms with van der Waals surface area (Å²) in [5.41, 5.74) is 4.35. The summed E-state index contributed by atoms with van der Waals surface area (Å²) in [6.45, 7) is 6.69. The molecule has 1 amide bonds. The lowest BCUT2D eigenvalue weighted by Crippen LogP contribution is -2.28. The highest BCUT2D eigenvalue weighted by atomic mass is 32.2. The second-order valence-corrected chi connectivity index (χ2v) is 11.0. The van der Waals surface area contributed by atoms with Crippen molar-refractivity contribution in [2.75, 3.05) is 11.9 Å². The Bertz CT molecular complexity index is 1300. The van der Waals surface area contributed by atoms with Gasteiger partial charge < -0.3 is 10.6 Å². The third-order valence-electron chi connectivity index (χ3n) is 6.15. The number of pyridine rings is 1. The van der Waals surface area contributed by atoms with Gasteiger partial charge in [-0.3, -0.25) is 4.79 Å². The fourth-order valence-corrected chi connectivity index (χ4v) is 5.43. The predicted molar refractivity (Wildman–Crippen MR) is 138 cm³/mol. The number of fused-ring (bicyclic) bond motifs is 1. The number of carbonyl (C=O) groups is 1. The average molecular weight is 493 g/mol. The zero-order valence-corrected chi connectivity index (χ0v) is 21.2. The highest BCUT2D eigenvalue weighted by Gasteiger charge is 2.28. The lowest BCUT2D eigenvalue weighted by molar-refractivity contribution is 0.0949. The van der Waals surface area contributed by atoms with Crippen LogP contribution in [0.25, 0.3) is 0 Å². The van der Waals surface area contributed by atoms with E-state index in [1.807, 2.05) is 51.1 Å². The number of aromatic nitrogens is 1. The fourth-order valence-electron chi connectivity index (χ4n) is 4.18. The van der Waals surface area contributed by atoms with Crippen molar-refractivity contribution in [2.45, 2.75) is 51.0 Å². The number of anilines is 2. The minimum absolute atomic E-state index is 0.185. The standard InChI is InChI=1S/C27H32N4O3S/c1-4-19-7-12-22(13-8-19)35(33,34)31-25-14-10-20-9-11-21(16-24(20)25)30-26-23(6-5-15-28-26)27(32)29-17-18(2)3/h5-9,11-13,15-16,18,25,31H,4,10,14,17H2,1-3H3,(H,28,30)(H,29,32). The molecule has 0 aliphatic heterocycles. The van der Waals surface area contributed by atoms with Crippen LogP contribution in [0.15, 0.2) is 65.7 Å². The summed E-state index contributed by atoms with van der Waals surface area (Å²) < 4.78 is 28.9. The first-order valence-corrected chi connectivity index (χ1v) is 13.5. The van der Waals surface area contributed by atoms with E-state index >= 15 is 0 Å². The molecular formula is C27H32N4O3S. The Labute approximate surface area is 207 Å². The number of carbonyl (C=O) groups excluding carboxylic acids is 1. The van der Waals surface area contributed by atoms with Crippen molar-refractivity contribution in [1.29, 1.82) is 0 Å². The van der Waals surface area contributed by atoms with E-state index in [2.05, 4.69) is 20.3 Å². The summed E-state index contributed by atoms with van der Waals surface area (Å²) >= 11 is 0. The van der Waals surface area contributed by atoms with Gasteiger partial charge in [-0.25, -0.2) is 18.1 Å². The molecule has 4 rings (SSSR count). The van der Waals surface area contributed by atoms with Crippen LogP contribution in [0, 0.1) is 5.92 Å². The van der Waals surface area contributed by atoms with E-state index in [0.717, 1.165) is 35.2 Å². The minimum Gasteiger partial charge on any atom is -0.352 e. The highest BCUT2D eigenvalue weighted by Crippen LogP contribution is 2.35. The molecule has 184 valence electrons. The van der Waals surface area contributed by atoms with E-state index in [0.29, 0.717) is 30.3 Å². The number of rotatable bonds is 9. The van der Waals surface area contributed by atoms with Gasteiger partial charge in [-0.1, -0.05) is 39.0 Å². The van der Waals surface area contributed by atoms with Crippen LogP contribution in [0.5, 0.6) is 0 Å². The SMILES string of the molecule is CCc1ccc(S(=O)(=O)NC2CCc3ccc(Nc4ncccc4C(=O)NCC(C)C)cc32)cc1. The number of hydrogen-bond acceptors (Lipinski definition) is 5. The van der Waals surface area contributed by atoms with Crippen molar-refractivity contribution in [3.8, 4) is 0 Å². The maximum Gasteiger partial charge on any atom is 0.255 e. The Balaban J connectivity index is 1.53. The first-order chi connectivity index (χ1) is 16.8. The molecule has 3 aromatic rings. The fraction of sp³-hybridized carbons (Fsp3) is 0.333. The molecule has 0 saturated carbocycles. The molecule has 8 heteroatoms. The van der Waals surface area contributed by atoms with E-state index in [1.54, 1.807) is 30.5 Å². The Kier molecular flexibility index (Phi) is 7.52. The Hall–Kier alpha value is -3.23. The van der Waals surface area contributed by atoms with E-state index in [1.165, 1.54) is 0 Å². The molecule has 2 aromatic carbocycles. The summed E-state index contributed by atoms with van der Waals surface area (Å²) in [7, 11) is -3.65. The molecule has 0 radical (unpaired) electrons. The van der Waals surface area contributed by atoms with Crippen LogP contribution in [0.4, 0.5) is 11.5 Å². The number of hydrogen-bond donors (Lipinski definition) is 3. The summed E-state index contributed by atoms with van der Waals surface area (Å²) in [4.78, 5) is 17.3. The topological polar surface area (TPSA) is 100 Å². The van der Waals surface area contributed by atoms with Gasteiger partial charge >= 0.3 is 0 Å². The molecule has 1 heterocycles. The second-order valence-electron chi connectivity index (χ2n) is 9.25. The summed E-state index contributed by atoms with van der Waals surface area (Å²) in [6, 6.07) is 16.0. The number of amides is 1. The lowest BCUT2D eigenvalue weighted by atomic mass is 10.1. The molecule has 1 aliphatic carbocycles. The summed E-state index contributed by atoms with van der Waals surface area (Å²) in [5.74, 6) is 0.615. The maximum absolute atomic E-state index is 13.0. The van der Waals surface area contributed by atoms with Gasteiger partial charge in [0.1, 0.15) is 5.82 Å². The minimum atomic E-state index is -3.65. The summed E-state index contributed by atoms with van der Waals surface area (Å²) in [5, 5.41) is 6.18. The number of nitrogens with zero attached hydrogens (tertiary/aromatic N) is 1. The normalized spacial score (nSPS) is 15.1. The van der Waals surface area contributed by atoms with Crippen LogP contribution < -0.4 is 15.4 Å². The van der Waals surface area contributed by atoms with Crippen molar-refractivity contribution >= 4 is 27.4 Å². The first kappa shape index (κ1) is 24.9. The average Bonchev–Trinajstić information content (AvgIpc) is 3.24. The van der Waals surface area contributed by atoms with Gasteiger partial charge in [0, 0.05) is 24.5 Å². The van der Waals surface area contributed by atoms with Crippen molar-refractivity contribution in [3.63, 3.8) is 0 Å². The molecule has 3 N–H and O–H groups in total. The molecule has 0 saturated heterocycles. The van der Waals surface area contributed by atoms with Gasteiger partial charge in [-0.2, -0.15) is 0 Å². The zero-order chi connectivity index (χ0) is 25.0. The van der Waals surface area contributed by atoms with Crippen LogP contribution in [0.3, 0.4) is 0 Å². The van der Waals surface area contributed by atoms with Crippen LogP contribution in [0.1, 0.15) is 60.3 Å². The van der Waals surface area contributed by atoms with E-state index in [4.69, 9.17) is 0 Å². The van der Waals surface area contributed by atoms with Crippen LogP contribution in [-0.2, 0) is 22.9 Å². The third kappa shape index (κ3) is 5.89. The summed E-state index contributed by atoms with van der Waals surface area (Å²) in [6.07, 6.45) is 3.98. The molecular weight excluding hydrogens is 460 g/mol. The Morgan fingerprint density at radius 1 is 1.11 bits per heavy atom. The van der Waals surface area contributed by atoms with Crippen molar-refractivity contribution in [3.05, 3.63) is 83.0 Å². The van der Waals surface area contributed by atoms with Crippen LogP contribution >= 0.6 is 0 Å². The molecule has 1 aliphatic rings. The quantitative estimate of drug-likeness (QED) is 0.401. The number of aryl methyl sites for hydroxylation is 2. The van der Waals surface area contributed by atoms with E-state index in [9.17, 15) is 13.2 Å². The Morgan fingerprint density at radius 3 is 2.60 bits per heavy atom. The van der Waals surface area contributed by atoms with Crippen LogP contribution in [0.2, 0.25) is 0 Å². The molecule has 1 unspecified atom stereocenters. The zero-order valence-electron chi connectivity index (χ0n) is 20.3. The monoisotopic (exact) mass is 492 g/mol. The molecule has 0 spiro atoms. The van der Waals surface area contributed by atoms with Gasteiger partial charge in [-0.05, 0) is 78.3 Å². The van der Waals surface area contributed by atoms with Crippen molar-refractivity contribution in [1.82, 2.24) is 15.0 Å². The number of nitrogens with one attached hydrogen (secondary N) is 3. The Morgan fingerprint density at radius 2 is 1.89 bits per heavy atom. The van der Waals surface area contributed by atoms with Crippen molar-refractivity contribution in [2.24, 2.45) is 5.92 Å².